The van der Waals surface area contributed by atoms with Crippen LogP contribution in [0, 0.1) is 0 Å². The topological polar surface area (TPSA) is 79.5 Å². The van der Waals surface area contributed by atoms with Crippen LogP contribution in [0.2, 0.25) is 5.02 Å². The quantitative estimate of drug-likeness (QED) is 0.705. The van der Waals surface area contributed by atoms with E-state index in [9.17, 15) is 9.59 Å². The molecule has 0 saturated carbocycles. The van der Waals surface area contributed by atoms with E-state index in [-0.39, 0.29) is 30.4 Å². The molecule has 8 heteroatoms. The molecule has 0 unspecified atom stereocenters. The number of nitrogens with zero attached hydrogens (tertiary/aromatic N) is 4. The fraction of sp³-hybridized carbons (Fsp3) is 0.524. The summed E-state index contributed by atoms with van der Waals surface area (Å²) in [6.07, 6.45) is 3.03. The standard InChI is InChI=1S/C21H27ClN4O3/c1-4-18(27)26(14(2)3)13-19(28)25-11-6-5-10-17(25)21-23-20(24-29-21)15-8-7-9-16(22)12-15/h7-9,12,14,17H,4-6,10-11,13H2,1-3H3/t17-/m0/s1. The summed E-state index contributed by atoms with van der Waals surface area (Å²) in [5, 5.41) is 4.68. The first-order valence-corrected chi connectivity index (χ1v) is 10.5. The Kier molecular flexibility index (Phi) is 6.90. The van der Waals surface area contributed by atoms with Gasteiger partial charge >= 0.3 is 0 Å². The van der Waals surface area contributed by atoms with E-state index in [1.165, 1.54) is 0 Å². The molecule has 1 aliphatic rings. The number of amides is 2. The van der Waals surface area contributed by atoms with E-state index in [1.807, 2.05) is 32.9 Å². The first-order chi connectivity index (χ1) is 13.9. The number of hydrogen-bond acceptors (Lipinski definition) is 5. The highest BCUT2D eigenvalue weighted by Gasteiger charge is 2.33. The van der Waals surface area contributed by atoms with Gasteiger partial charge < -0.3 is 14.3 Å². The first kappa shape index (κ1) is 21.3. The zero-order chi connectivity index (χ0) is 21.0. The van der Waals surface area contributed by atoms with Crippen LogP contribution in [0.5, 0.6) is 0 Å². The Morgan fingerprint density at radius 3 is 2.83 bits per heavy atom. The summed E-state index contributed by atoms with van der Waals surface area (Å²) >= 11 is 6.06. The lowest BCUT2D eigenvalue weighted by Crippen LogP contribution is -2.48. The molecule has 0 bridgehead atoms. The second-order valence-electron chi connectivity index (χ2n) is 7.53. The number of benzene rings is 1. The Balaban J connectivity index is 1.79. The maximum absolute atomic E-state index is 13.1. The van der Waals surface area contributed by atoms with Gasteiger partial charge in [-0.05, 0) is 45.2 Å². The minimum atomic E-state index is -0.276. The first-order valence-electron chi connectivity index (χ1n) is 10.1. The number of piperidine rings is 1. The highest BCUT2D eigenvalue weighted by molar-refractivity contribution is 6.30. The van der Waals surface area contributed by atoms with Gasteiger partial charge in [-0.2, -0.15) is 4.98 Å². The molecule has 1 atom stereocenters. The monoisotopic (exact) mass is 418 g/mol. The fourth-order valence-corrected chi connectivity index (χ4v) is 3.79. The number of likely N-dealkylation sites (tertiary alicyclic amines) is 1. The van der Waals surface area contributed by atoms with Gasteiger partial charge in [0.05, 0.1) is 6.54 Å². The van der Waals surface area contributed by atoms with Crippen LogP contribution in [0.1, 0.15) is 58.4 Å². The van der Waals surface area contributed by atoms with E-state index in [0.717, 1.165) is 24.8 Å². The van der Waals surface area contributed by atoms with Crippen LogP contribution in [0.25, 0.3) is 11.4 Å². The number of carbonyl (C=O) groups excluding carboxylic acids is 2. The SMILES string of the molecule is CCC(=O)N(CC(=O)N1CCCC[C@H]1c1nc(-c2cccc(Cl)c2)no1)C(C)C. The molecule has 2 amide bonds. The summed E-state index contributed by atoms with van der Waals surface area (Å²) in [7, 11) is 0. The van der Waals surface area contributed by atoms with E-state index in [4.69, 9.17) is 16.1 Å². The van der Waals surface area contributed by atoms with Crippen molar-refractivity contribution in [1.29, 1.82) is 0 Å². The van der Waals surface area contributed by atoms with E-state index >= 15 is 0 Å². The molecule has 0 radical (unpaired) electrons. The Bertz CT molecular complexity index is 867. The molecule has 2 heterocycles. The summed E-state index contributed by atoms with van der Waals surface area (Å²) in [5.74, 6) is 0.757. The second-order valence-corrected chi connectivity index (χ2v) is 7.97. The third kappa shape index (κ3) is 4.96. The zero-order valence-corrected chi connectivity index (χ0v) is 17.9. The molecule has 0 N–H and O–H groups in total. The molecule has 1 aromatic carbocycles. The Hall–Kier alpha value is -2.41. The second kappa shape index (κ2) is 9.39. The fourth-order valence-electron chi connectivity index (χ4n) is 3.60. The van der Waals surface area contributed by atoms with Crippen molar-refractivity contribution < 1.29 is 14.1 Å². The Morgan fingerprint density at radius 1 is 1.34 bits per heavy atom. The minimum absolute atomic E-state index is 0.0251. The lowest BCUT2D eigenvalue weighted by Gasteiger charge is -2.36. The van der Waals surface area contributed by atoms with Crippen molar-refractivity contribution in [3.05, 3.63) is 35.2 Å². The molecule has 0 spiro atoms. The van der Waals surface area contributed by atoms with Gasteiger partial charge in [0.25, 0.3) is 0 Å². The largest absolute Gasteiger partial charge is 0.337 e. The third-order valence-electron chi connectivity index (χ3n) is 5.18. The van der Waals surface area contributed by atoms with Crippen molar-refractivity contribution in [3.63, 3.8) is 0 Å². The molecule has 0 aliphatic carbocycles. The molecule has 1 aliphatic heterocycles. The van der Waals surface area contributed by atoms with Crippen molar-refractivity contribution in [2.75, 3.05) is 13.1 Å². The maximum Gasteiger partial charge on any atom is 0.249 e. The van der Waals surface area contributed by atoms with Gasteiger partial charge in [0.15, 0.2) is 0 Å². The van der Waals surface area contributed by atoms with Crippen molar-refractivity contribution in [2.24, 2.45) is 0 Å². The van der Waals surface area contributed by atoms with Gasteiger partial charge in [0.2, 0.25) is 23.5 Å². The summed E-state index contributed by atoms with van der Waals surface area (Å²) in [6.45, 7) is 6.33. The van der Waals surface area contributed by atoms with Crippen LogP contribution in [-0.4, -0.2) is 50.9 Å². The number of aromatic nitrogens is 2. The molecule has 3 rings (SSSR count). The predicted octanol–water partition coefficient (Wildman–Crippen LogP) is 4.09. The van der Waals surface area contributed by atoms with Crippen LogP contribution in [0.3, 0.4) is 0 Å². The Morgan fingerprint density at radius 2 is 2.14 bits per heavy atom. The number of rotatable bonds is 6. The van der Waals surface area contributed by atoms with Crippen LogP contribution >= 0.6 is 11.6 Å². The van der Waals surface area contributed by atoms with Crippen LogP contribution in [-0.2, 0) is 9.59 Å². The lowest BCUT2D eigenvalue weighted by atomic mass is 10.0. The van der Waals surface area contributed by atoms with Gasteiger partial charge in [-0.25, -0.2) is 0 Å². The van der Waals surface area contributed by atoms with Gasteiger partial charge in [0, 0.05) is 29.6 Å². The molecule has 2 aromatic rings. The number of hydrogen-bond donors (Lipinski definition) is 0. The van der Waals surface area contributed by atoms with Gasteiger partial charge in [0.1, 0.15) is 6.04 Å². The minimum Gasteiger partial charge on any atom is -0.337 e. The summed E-state index contributed by atoms with van der Waals surface area (Å²) < 4.78 is 5.52. The maximum atomic E-state index is 13.1. The van der Waals surface area contributed by atoms with E-state index in [2.05, 4.69) is 10.1 Å². The van der Waals surface area contributed by atoms with Crippen molar-refractivity contribution in [3.8, 4) is 11.4 Å². The summed E-state index contributed by atoms with van der Waals surface area (Å²) in [5.41, 5.74) is 0.765. The zero-order valence-electron chi connectivity index (χ0n) is 17.1. The summed E-state index contributed by atoms with van der Waals surface area (Å²) in [4.78, 5) is 33.2. The molecule has 1 saturated heterocycles. The third-order valence-corrected chi connectivity index (χ3v) is 5.42. The Labute approximate surface area is 176 Å². The highest BCUT2D eigenvalue weighted by atomic mass is 35.5. The predicted molar refractivity (Wildman–Crippen MR) is 110 cm³/mol. The number of halogens is 1. The van der Waals surface area contributed by atoms with Gasteiger partial charge in [-0.1, -0.05) is 35.8 Å². The van der Waals surface area contributed by atoms with Gasteiger partial charge in [-0.3, -0.25) is 9.59 Å². The molecule has 29 heavy (non-hydrogen) atoms. The highest BCUT2D eigenvalue weighted by Crippen LogP contribution is 2.31. The molecular weight excluding hydrogens is 392 g/mol. The molecule has 7 nitrogen and oxygen atoms in total. The average Bonchev–Trinajstić information content (AvgIpc) is 3.21. The van der Waals surface area contributed by atoms with E-state index in [0.29, 0.717) is 29.7 Å². The van der Waals surface area contributed by atoms with Crippen molar-refractivity contribution in [1.82, 2.24) is 19.9 Å². The molecule has 1 fully saturated rings. The lowest BCUT2D eigenvalue weighted by molar-refractivity contribution is -0.144. The van der Waals surface area contributed by atoms with Crippen molar-refractivity contribution in [2.45, 2.75) is 58.5 Å². The normalized spacial score (nSPS) is 16.9. The van der Waals surface area contributed by atoms with Crippen LogP contribution in [0.15, 0.2) is 28.8 Å². The van der Waals surface area contributed by atoms with E-state index < -0.39 is 0 Å². The smallest absolute Gasteiger partial charge is 0.249 e. The summed E-state index contributed by atoms with van der Waals surface area (Å²) in [6, 6.07) is 6.94. The molecule has 1 aromatic heterocycles. The average molecular weight is 419 g/mol. The van der Waals surface area contributed by atoms with Gasteiger partial charge in [-0.15, -0.1) is 0 Å². The van der Waals surface area contributed by atoms with Crippen LogP contribution in [0.4, 0.5) is 0 Å². The molecule has 156 valence electrons. The van der Waals surface area contributed by atoms with E-state index in [1.54, 1.807) is 21.9 Å². The number of carbonyl (C=O) groups is 2. The molecular formula is C21H27ClN4O3. The van der Waals surface area contributed by atoms with Crippen LogP contribution < -0.4 is 0 Å². The van der Waals surface area contributed by atoms with Crippen molar-refractivity contribution >= 4 is 23.4 Å².